The predicted molar refractivity (Wildman–Crippen MR) is 76.9 cm³/mol. The topological polar surface area (TPSA) is 29.3 Å². The first-order chi connectivity index (χ1) is 8.20. The molecule has 1 unspecified atom stereocenters. The Morgan fingerprint density at radius 2 is 2.29 bits per heavy atom. The molecule has 92 valence electrons. The van der Waals surface area contributed by atoms with Crippen molar-refractivity contribution in [3.05, 3.63) is 43.7 Å². The van der Waals surface area contributed by atoms with Crippen LogP contribution in [0.15, 0.2) is 29.0 Å². The Morgan fingerprint density at radius 1 is 1.47 bits per heavy atom. The van der Waals surface area contributed by atoms with Crippen LogP contribution >= 0.6 is 34.3 Å². The van der Waals surface area contributed by atoms with E-state index in [1.807, 2.05) is 11.4 Å². The van der Waals surface area contributed by atoms with Gasteiger partial charge in [0, 0.05) is 28.2 Å². The zero-order valence-corrected chi connectivity index (χ0v) is 12.0. The monoisotopic (exact) mass is 286 g/mol. The second-order valence-electron chi connectivity index (χ2n) is 3.91. The lowest BCUT2D eigenvalue weighted by Gasteiger charge is -2.25. The number of rotatable bonds is 5. The Labute approximate surface area is 115 Å². The summed E-state index contributed by atoms with van der Waals surface area (Å²) in [6.07, 6.45) is 0. The third-order valence-electron chi connectivity index (χ3n) is 2.66. The first kappa shape index (κ1) is 13.1. The molecule has 0 spiro atoms. The highest BCUT2D eigenvalue weighted by atomic mass is 35.5. The van der Waals surface area contributed by atoms with Crippen LogP contribution in [0.1, 0.15) is 15.8 Å². The lowest BCUT2D eigenvalue weighted by molar-refractivity contribution is 0.247. The average Bonchev–Trinajstić information content (AvgIpc) is 2.91. The molecular weight excluding hydrogens is 272 g/mol. The lowest BCUT2D eigenvalue weighted by Crippen LogP contribution is -2.29. The lowest BCUT2D eigenvalue weighted by atomic mass is 10.2. The van der Waals surface area contributed by atoms with Gasteiger partial charge in [0.1, 0.15) is 0 Å². The Morgan fingerprint density at radius 3 is 2.82 bits per heavy atom. The number of halogens is 1. The summed E-state index contributed by atoms with van der Waals surface area (Å²) in [6, 6.07) is 6.48. The van der Waals surface area contributed by atoms with E-state index < -0.39 is 0 Å². The molecule has 2 nitrogen and oxygen atoms in total. The molecule has 0 aliphatic rings. The summed E-state index contributed by atoms with van der Waals surface area (Å²) >= 11 is 9.41. The first-order valence-electron chi connectivity index (χ1n) is 5.37. The van der Waals surface area contributed by atoms with Crippen LogP contribution in [0.25, 0.3) is 0 Å². The van der Waals surface area contributed by atoms with E-state index in [0.717, 1.165) is 11.6 Å². The van der Waals surface area contributed by atoms with E-state index in [1.54, 1.807) is 22.7 Å². The summed E-state index contributed by atoms with van der Waals surface area (Å²) in [7, 11) is 2.10. The summed E-state index contributed by atoms with van der Waals surface area (Å²) in [6.45, 7) is 1.54. The minimum Gasteiger partial charge on any atom is -0.329 e. The van der Waals surface area contributed by atoms with Crippen molar-refractivity contribution in [2.45, 2.75) is 12.6 Å². The van der Waals surface area contributed by atoms with Gasteiger partial charge in [-0.3, -0.25) is 4.90 Å². The van der Waals surface area contributed by atoms with Gasteiger partial charge in [0.15, 0.2) is 0 Å². The van der Waals surface area contributed by atoms with Gasteiger partial charge in [0.2, 0.25) is 0 Å². The van der Waals surface area contributed by atoms with Crippen LogP contribution in [0.2, 0.25) is 5.02 Å². The van der Waals surface area contributed by atoms with E-state index in [1.165, 1.54) is 9.75 Å². The first-order valence-corrected chi connectivity index (χ1v) is 7.51. The van der Waals surface area contributed by atoms with Gasteiger partial charge in [-0.15, -0.1) is 22.7 Å². The molecule has 0 saturated heterocycles. The quantitative estimate of drug-likeness (QED) is 0.910. The normalized spacial score (nSPS) is 13.2. The highest BCUT2D eigenvalue weighted by Gasteiger charge is 2.17. The maximum atomic E-state index is 5.96. The highest BCUT2D eigenvalue weighted by Crippen LogP contribution is 2.29. The second-order valence-corrected chi connectivity index (χ2v) is 6.32. The van der Waals surface area contributed by atoms with Crippen LogP contribution in [-0.2, 0) is 6.54 Å². The van der Waals surface area contributed by atoms with Crippen LogP contribution in [0, 0.1) is 0 Å². The molecule has 0 aliphatic carbocycles. The molecule has 0 fully saturated rings. The van der Waals surface area contributed by atoms with Crippen LogP contribution in [0.3, 0.4) is 0 Å². The fourth-order valence-electron chi connectivity index (χ4n) is 1.77. The summed E-state index contributed by atoms with van der Waals surface area (Å²) in [5.74, 6) is 0. The van der Waals surface area contributed by atoms with E-state index in [-0.39, 0.29) is 6.04 Å². The predicted octanol–water partition coefficient (Wildman–Crippen LogP) is 3.59. The summed E-state index contributed by atoms with van der Waals surface area (Å²) < 4.78 is 0. The van der Waals surface area contributed by atoms with Crippen molar-refractivity contribution in [1.82, 2.24) is 4.90 Å². The summed E-state index contributed by atoms with van der Waals surface area (Å²) in [5.41, 5.74) is 5.87. The molecule has 2 rings (SSSR count). The van der Waals surface area contributed by atoms with Crippen molar-refractivity contribution in [1.29, 1.82) is 0 Å². The third kappa shape index (κ3) is 3.30. The third-order valence-corrected chi connectivity index (χ3v) is 4.90. The molecule has 2 aromatic heterocycles. The maximum absolute atomic E-state index is 5.96. The number of hydrogen-bond acceptors (Lipinski definition) is 4. The maximum Gasteiger partial charge on any atom is 0.0565 e. The largest absolute Gasteiger partial charge is 0.329 e. The smallest absolute Gasteiger partial charge is 0.0565 e. The molecule has 0 amide bonds. The van der Waals surface area contributed by atoms with Crippen molar-refractivity contribution in [2.75, 3.05) is 13.6 Å². The SMILES string of the molecule is CN(Cc1cccs1)C(CN)c1cc(Cl)cs1. The van der Waals surface area contributed by atoms with Gasteiger partial charge in [0.25, 0.3) is 0 Å². The van der Waals surface area contributed by atoms with Gasteiger partial charge in [0.05, 0.1) is 11.1 Å². The van der Waals surface area contributed by atoms with Gasteiger partial charge >= 0.3 is 0 Å². The van der Waals surface area contributed by atoms with Crippen molar-refractivity contribution in [3.8, 4) is 0 Å². The standard InChI is InChI=1S/C12H15ClN2S2/c1-15(7-10-3-2-4-16-10)11(6-14)12-5-9(13)8-17-12/h2-5,8,11H,6-7,14H2,1H3. The van der Waals surface area contributed by atoms with E-state index in [0.29, 0.717) is 6.54 Å². The highest BCUT2D eigenvalue weighted by molar-refractivity contribution is 7.10. The number of nitrogens with zero attached hydrogens (tertiary/aromatic N) is 1. The number of hydrogen-bond donors (Lipinski definition) is 1. The molecule has 0 radical (unpaired) electrons. The van der Waals surface area contributed by atoms with Gasteiger partial charge in [-0.05, 0) is 24.6 Å². The van der Waals surface area contributed by atoms with Crippen molar-refractivity contribution >= 4 is 34.3 Å². The molecule has 0 saturated carbocycles. The second kappa shape index (κ2) is 5.98. The number of likely N-dealkylation sites (N-methyl/N-ethyl adjacent to an activating group) is 1. The molecule has 17 heavy (non-hydrogen) atoms. The van der Waals surface area contributed by atoms with Gasteiger partial charge in [-0.25, -0.2) is 0 Å². The van der Waals surface area contributed by atoms with E-state index in [4.69, 9.17) is 17.3 Å². The molecular formula is C12H15ClN2S2. The van der Waals surface area contributed by atoms with Crippen LogP contribution < -0.4 is 5.73 Å². The summed E-state index contributed by atoms with van der Waals surface area (Å²) in [5, 5.41) is 4.86. The van der Waals surface area contributed by atoms with Crippen LogP contribution in [0.4, 0.5) is 0 Å². The average molecular weight is 287 g/mol. The van der Waals surface area contributed by atoms with E-state index >= 15 is 0 Å². The van der Waals surface area contributed by atoms with Gasteiger partial charge in [-0.2, -0.15) is 0 Å². The van der Waals surface area contributed by atoms with Crippen molar-refractivity contribution in [3.63, 3.8) is 0 Å². The van der Waals surface area contributed by atoms with E-state index in [9.17, 15) is 0 Å². The zero-order chi connectivity index (χ0) is 12.3. The fraction of sp³-hybridized carbons (Fsp3) is 0.333. The number of nitrogens with two attached hydrogens (primary N) is 1. The van der Waals surface area contributed by atoms with E-state index in [2.05, 4.69) is 29.5 Å². The van der Waals surface area contributed by atoms with Crippen LogP contribution in [-0.4, -0.2) is 18.5 Å². The Balaban J connectivity index is 2.07. The molecule has 0 aromatic carbocycles. The Bertz CT molecular complexity index is 453. The van der Waals surface area contributed by atoms with Crippen molar-refractivity contribution < 1.29 is 0 Å². The van der Waals surface area contributed by atoms with Gasteiger partial charge in [-0.1, -0.05) is 17.7 Å². The number of thiophene rings is 2. The molecule has 2 aromatic rings. The zero-order valence-electron chi connectivity index (χ0n) is 9.60. The Kier molecular flexibility index (Phi) is 4.59. The molecule has 2 N–H and O–H groups in total. The molecule has 1 atom stereocenters. The van der Waals surface area contributed by atoms with Gasteiger partial charge < -0.3 is 5.73 Å². The molecule has 5 heteroatoms. The molecule has 0 aliphatic heterocycles. The Hall–Kier alpha value is -0.390. The fourth-order valence-corrected chi connectivity index (χ4v) is 3.80. The molecule has 0 bridgehead atoms. The minimum absolute atomic E-state index is 0.245. The molecule has 2 heterocycles. The van der Waals surface area contributed by atoms with Crippen molar-refractivity contribution in [2.24, 2.45) is 5.73 Å². The van der Waals surface area contributed by atoms with Crippen LogP contribution in [0.5, 0.6) is 0 Å². The minimum atomic E-state index is 0.245. The summed E-state index contributed by atoms with van der Waals surface area (Å²) in [4.78, 5) is 4.86.